The van der Waals surface area contributed by atoms with Gasteiger partial charge in [-0.1, -0.05) is 26.2 Å². The highest BCUT2D eigenvalue weighted by Gasteiger charge is 2.42. The highest BCUT2D eigenvalue weighted by molar-refractivity contribution is 5.79. The van der Waals surface area contributed by atoms with Crippen molar-refractivity contribution in [3.8, 4) is 0 Å². The number of likely N-dealkylation sites (tertiary alicyclic amines) is 1. The lowest BCUT2D eigenvalue weighted by Crippen LogP contribution is -2.47. The van der Waals surface area contributed by atoms with Gasteiger partial charge in [0.25, 0.3) is 0 Å². The topological polar surface area (TPSA) is 69.6 Å². The molecular formula is C15H26N2O3. The van der Waals surface area contributed by atoms with Gasteiger partial charge < -0.3 is 15.3 Å². The zero-order valence-corrected chi connectivity index (χ0v) is 12.5. The quantitative estimate of drug-likeness (QED) is 0.764. The normalized spacial score (nSPS) is 34.6. The van der Waals surface area contributed by atoms with Gasteiger partial charge in [-0.05, 0) is 32.1 Å². The number of amides is 2. The van der Waals surface area contributed by atoms with Crippen LogP contribution >= 0.6 is 0 Å². The number of carbonyl (C=O) groups excluding carboxylic acids is 1. The molecule has 1 saturated heterocycles. The van der Waals surface area contributed by atoms with Gasteiger partial charge in [0.1, 0.15) is 0 Å². The molecule has 3 unspecified atom stereocenters. The Hall–Kier alpha value is -1.26. The first-order chi connectivity index (χ1) is 9.42. The van der Waals surface area contributed by atoms with E-state index in [2.05, 4.69) is 12.2 Å². The van der Waals surface area contributed by atoms with E-state index in [0.29, 0.717) is 25.4 Å². The molecule has 1 aliphatic carbocycles. The van der Waals surface area contributed by atoms with Crippen molar-refractivity contribution in [1.82, 2.24) is 10.2 Å². The van der Waals surface area contributed by atoms with E-state index in [-0.39, 0.29) is 12.1 Å². The molecule has 3 atom stereocenters. The molecule has 1 saturated carbocycles. The summed E-state index contributed by atoms with van der Waals surface area (Å²) in [6.07, 6.45) is 6.40. The molecule has 0 aromatic heterocycles. The van der Waals surface area contributed by atoms with Crippen LogP contribution in [0.4, 0.5) is 4.79 Å². The minimum Gasteiger partial charge on any atom is -0.481 e. The second kappa shape index (κ2) is 6.02. The van der Waals surface area contributed by atoms with Crippen LogP contribution in [-0.2, 0) is 4.79 Å². The van der Waals surface area contributed by atoms with Crippen LogP contribution in [0.15, 0.2) is 0 Å². The van der Waals surface area contributed by atoms with E-state index in [4.69, 9.17) is 0 Å². The molecule has 0 radical (unpaired) electrons. The van der Waals surface area contributed by atoms with E-state index in [1.165, 1.54) is 19.3 Å². The SMILES string of the molecule is CC1CCCCCC1NC(=O)N1CCC(C)(C(=O)O)C1. The van der Waals surface area contributed by atoms with Gasteiger partial charge in [-0.25, -0.2) is 4.79 Å². The summed E-state index contributed by atoms with van der Waals surface area (Å²) in [5.74, 6) is -0.300. The number of carboxylic acid groups (broad SMARTS) is 1. The van der Waals surface area contributed by atoms with Gasteiger partial charge in [0.15, 0.2) is 0 Å². The molecule has 0 bridgehead atoms. The average molecular weight is 282 g/mol. The van der Waals surface area contributed by atoms with E-state index in [0.717, 1.165) is 12.8 Å². The summed E-state index contributed by atoms with van der Waals surface area (Å²) in [6, 6.07) is 0.149. The van der Waals surface area contributed by atoms with Crippen LogP contribution < -0.4 is 5.32 Å². The van der Waals surface area contributed by atoms with Gasteiger partial charge in [0.2, 0.25) is 0 Å². The van der Waals surface area contributed by atoms with Crippen molar-refractivity contribution < 1.29 is 14.7 Å². The number of aliphatic carboxylic acids is 1. The number of carbonyl (C=O) groups is 2. The summed E-state index contributed by atoms with van der Waals surface area (Å²) in [4.78, 5) is 25.2. The lowest BCUT2D eigenvalue weighted by atomic mass is 9.90. The van der Waals surface area contributed by atoms with Crippen LogP contribution in [-0.4, -0.2) is 41.1 Å². The lowest BCUT2D eigenvalue weighted by Gasteiger charge is -2.27. The van der Waals surface area contributed by atoms with E-state index < -0.39 is 11.4 Å². The van der Waals surface area contributed by atoms with Crippen LogP contribution in [0.3, 0.4) is 0 Å². The minimum atomic E-state index is -0.810. The Morgan fingerprint density at radius 3 is 2.60 bits per heavy atom. The molecule has 1 heterocycles. The maximum absolute atomic E-state index is 12.3. The second-order valence-electron chi connectivity index (χ2n) is 6.71. The Morgan fingerprint density at radius 2 is 1.95 bits per heavy atom. The van der Waals surface area contributed by atoms with E-state index in [1.54, 1.807) is 11.8 Å². The third kappa shape index (κ3) is 3.25. The molecule has 20 heavy (non-hydrogen) atoms. The zero-order valence-electron chi connectivity index (χ0n) is 12.5. The molecule has 1 aliphatic heterocycles. The largest absolute Gasteiger partial charge is 0.481 e. The fourth-order valence-corrected chi connectivity index (χ4v) is 3.27. The van der Waals surface area contributed by atoms with Crippen LogP contribution in [0.5, 0.6) is 0 Å². The maximum Gasteiger partial charge on any atom is 0.317 e. The van der Waals surface area contributed by atoms with Gasteiger partial charge in [-0.2, -0.15) is 0 Å². The first-order valence-corrected chi connectivity index (χ1v) is 7.71. The molecule has 0 aromatic carbocycles. The summed E-state index contributed by atoms with van der Waals surface area (Å²) >= 11 is 0. The number of nitrogens with one attached hydrogen (secondary N) is 1. The fraction of sp³-hybridized carbons (Fsp3) is 0.867. The molecule has 0 spiro atoms. The van der Waals surface area contributed by atoms with Crippen molar-refractivity contribution >= 4 is 12.0 Å². The summed E-state index contributed by atoms with van der Waals surface area (Å²) in [7, 11) is 0. The molecule has 2 N–H and O–H groups in total. The standard InChI is InChI=1S/C15H26N2O3/c1-11-6-4-3-5-7-12(11)16-14(20)17-9-8-15(2,10-17)13(18)19/h11-12H,3-10H2,1-2H3,(H,16,20)(H,18,19). The van der Waals surface area contributed by atoms with E-state index in [9.17, 15) is 14.7 Å². The smallest absolute Gasteiger partial charge is 0.317 e. The Morgan fingerprint density at radius 1 is 1.25 bits per heavy atom. The van der Waals surface area contributed by atoms with Crippen molar-refractivity contribution in [1.29, 1.82) is 0 Å². The van der Waals surface area contributed by atoms with Crippen molar-refractivity contribution in [2.75, 3.05) is 13.1 Å². The third-order valence-corrected chi connectivity index (χ3v) is 4.95. The second-order valence-corrected chi connectivity index (χ2v) is 6.71. The molecule has 2 rings (SSSR count). The van der Waals surface area contributed by atoms with Crippen LogP contribution in [0.1, 0.15) is 52.4 Å². The molecule has 0 aromatic rings. The van der Waals surface area contributed by atoms with E-state index in [1.807, 2.05) is 0 Å². The first kappa shape index (κ1) is 15.1. The Labute approximate surface area is 120 Å². The van der Waals surface area contributed by atoms with Crippen LogP contribution in [0.25, 0.3) is 0 Å². The monoisotopic (exact) mass is 282 g/mol. The summed E-state index contributed by atoms with van der Waals surface area (Å²) in [5, 5.41) is 12.3. The fourth-order valence-electron chi connectivity index (χ4n) is 3.27. The van der Waals surface area contributed by atoms with E-state index >= 15 is 0 Å². The van der Waals surface area contributed by atoms with Gasteiger partial charge in [0, 0.05) is 19.1 Å². The van der Waals surface area contributed by atoms with Gasteiger partial charge in [0.05, 0.1) is 5.41 Å². The maximum atomic E-state index is 12.3. The molecule has 5 nitrogen and oxygen atoms in total. The number of hydrogen-bond acceptors (Lipinski definition) is 2. The van der Waals surface area contributed by atoms with Gasteiger partial charge >= 0.3 is 12.0 Å². The Kier molecular flexibility index (Phi) is 4.55. The molecule has 114 valence electrons. The van der Waals surface area contributed by atoms with Gasteiger partial charge in [-0.3, -0.25) is 4.79 Å². The zero-order chi connectivity index (χ0) is 14.8. The van der Waals surface area contributed by atoms with Crippen molar-refractivity contribution in [2.24, 2.45) is 11.3 Å². The molecule has 2 amide bonds. The number of rotatable bonds is 2. The predicted octanol–water partition coefficient (Wildman–Crippen LogP) is 2.46. The number of nitrogens with zero attached hydrogens (tertiary/aromatic N) is 1. The highest BCUT2D eigenvalue weighted by Crippen LogP contribution is 2.30. The first-order valence-electron chi connectivity index (χ1n) is 7.71. The van der Waals surface area contributed by atoms with Gasteiger partial charge in [-0.15, -0.1) is 0 Å². The summed E-state index contributed by atoms with van der Waals surface area (Å²) < 4.78 is 0. The predicted molar refractivity (Wildman–Crippen MR) is 76.5 cm³/mol. The minimum absolute atomic E-state index is 0.0891. The van der Waals surface area contributed by atoms with Crippen molar-refractivity contribution in [3.05, 3.63) is 0 Å². The Bertz CT molecular complexity index is 385. The Balaban J connectivity index is 1.90. The summed E-state index contributed by atoms with van der Waals surface area (Å²) in [6.45, 7) is 4.77. The van der Waals surface area contributed by atoms with Crippen LogP contribution in [0, 0.1) is 11.3 Å². The highest BCUT2D eigenvalue weighted by atomic mass is 16.4. The molecule has 2 aliphatic rings. The number of hydrogen-bond donors (Lipinski definition) is 2. The number of carboxylic acids is 1. The van der Waals surface area contributed by atoms with Crippen molar-refractivity contribution in [2.45, 2.75) is 58.4 Å². The average Bonchev–Trinajstić information content (AvgIpc) is 2.70. The lowest BCUT2D eigenvalue weighted by molar-refractivity contribution is -0.147. The summed E-state index contributed by atoms with van der Waals surface area (Å²) in [5.41, 5.74) is -0.785. The van der Waals surface area contributed by atoms with Crippen molar-refractivity contribution in [3.63, 3.8) is 0 Å². The van der Waals surface area contributed by atoms with Crippen LogP contribution in [0.2, 0.25) is 0 Å². The molecular weight excluding hydrogens is 256 g/mol. The third-order valence-electron chi connectivity index (χ3n) is 4.95. The molecule has 5 heteroatoms. The number of urea groups is 1. The molecule has 2 fully saturated rings.